The highest BCUT2D eigenvalue weighted by atomic mass is 16.5. The van der Waals surface area contributed by atoms with E-state index in [1.54, 1.807) is 0 Å². The monoisotopic (exact) mass is 299 g/mol. The Hall–Kier alpha value is -1.84. The van der Waals surface area contributed by atoms with Crippen LogP contribution in [0.15, 0.2) is 54.6 Å². The molecule has 0 amide bonds. The van der Waals surface area contributed by atoms with Gasteiger partial charge in [-0.3, -0.25) is 0 Å². The van der Waals surface area contributed by atoms with Crippen molar-refractivity contribution in [2.45, 2.75) is 32.4 Å². The van der Waals surface area contributed by atoms with E-state index in [1.165, 1.54) is 5.56 Å². The van der Waals surface area contributed by atoms with Gasteiger partial charge >= 0.3 is 0 Å². The number of aliphatic hydroxyl groups is 1. The normalized spacial score (nSPS) is 13.6. The molecule has 0 unspecified atom stereocenters. The largest absolute Gasteiger partial charge is 0.491 e. The zero-order chi connectivity index (χ0) is 15.8. The number of hydrogen-bond acceptors (Lipinski definition) is 3. The fraction of sp³-hybridized carbons (Fsp3) is 0.368. The Morgan fingerprint density at radius 1 is 1.00 bits per heavy atom. The van der Waals surface area contributed by atoms with Crippen molar-refractivity contribution in [3.05, 3.63) is 54.6 Å². The van der Waals surface area contributed by atoms with Gasteiger partial charge < -0.3 is 15.2 Å². The number of hydrogen-bond donors (Lipinski definition) is 2. The quantitative estimate of drug-likeness (QED) is 0.784. The SMILES string of the molecule is CC[C@@H](C)NC[C@@H](O)COc1ccc(-c2ccccc2)cc1. The molecule has 2 aromatic carbocycles. The maximum Gasteiger partial charge on any atom is 0.119 e. The van der Waals surface area contributed by atoms with Crippen molar-refractivity contribution in [1.82, 2.24) is 5.32 Å². The van der Waals surface area contributed by atoms with E-state index in [-0.39, 0.29) is 0 Å². The first-order valence-corrected chi connectivity index (χ1v) is 7.88. The summed E-state index contributed by atoms with van der Waals surface area (Å²) in [6.45, 7) is 5.08. The highest BCUT2D eigenvalue weighted by Crippen LogP contribution is 2.22. The average Bonchev–Trinajstić information content (AvgIpc) is 2.59. The van der Waals surface area contributed by atoms with Crippen LogP contribution in [0.5, 0.6) is 5.75 Å². The summed E-state index contributed by atoms with van der Waals surface area (Å²) in [5.74, 6) is 0.780. The van der Waals surface area contributed by atoms with Crippen molar-refractivity contribution >= 4 is 0 Å². The first kappa shape index (κ1) is 16.5. The van der Waals surface area contributed by atoms with E-state index < -0.39 is 6.10 Å². The van der Waals surface area contributed by atoms with Gasteiger partial charge in [-0.05, 0) is 36.6 Å². The van der Waals surface area contributed by atoms with E-state index in [4.69, 9.17) is 4.74 Å². The van der Waals surface area contributed by atoms with Crippen LogP contribution in [0.4, 0.5) is 0 Å². The Morgan fingerprint density at radius 2 is 1.64 bits per heavy atom. The lowest BCUT2D eigenvalue weighted by Gasteiger charge is -2.16. The van der Waals surface area contributed by atoms with Crippen molar-refractivity contribution < 1.29 is 9.84 Å². The van der Waals surface area contributed by atoms with Crippen molar-refractivity contribution in [2.75, 3.05) is 13.2 Å². The third kappa shape index (κ3) is 5.17. The molecule has 0 fully saturated rings. The maximum atomic E-state index is 9.90. The minimum Gasteiger partial charge on any atom is -0.491 e. The smallest absolute Gasteiger partial charge is 0.119 e. The van der Waals surface area contributed by atoms with Crippen LogP contribution in [0.25, 0.3) is 11.1 Å². The molecule has 2 atom stereocenters. The lowest BCUT2D eigenvalue weighted by Crippen LogP contribution is -2.36. The summed E-state index contributed by atoms with van der Waals surface area (Å²) in [5.41, 5.74) is 2.35. The molecule has 3 nitrogen and oxygen atoms in total. The van der Waals surface area contributed by atoms with Crippen molar-refractivity contribution in [3.63, 3.8) is 0 Å². The molecule has 2 N–H and O–H groups in total. The van der Waals surface area contributed by atoms with Gasteiger partial charge in [0, 0.05) is 12.6 Å². The van der Waals surface area contributed by atoms with Crippen LogP contribution in [0.3, 0.4) is 0 Å². The summed E-state index contributed by atoms with van der Waals surface area (Å²) in [4.78, 5) is 0. The van der Waals surface area contributed by atoms with Crippen LogP contribution in [0, 0.1) is 0 Å². The summed E-state index contributed by atoms with van der Waals surface area (Å²) >= 11 is 0. The Labute approximate surface area is 133 Å². The van der Waals surface area contributed by atoms with E-state index in [0.29, 0.717) is 19.2 Å². The van der Waals surface area contributed by atoms with Gasteiger partial charge in [0.1, 0.15) is 18.5 Å². The summed E-state index contributed by atoms with van der Waals surface area (Å²) in [6.07, 6.45) is 0.553. The predicted octanol–water partition coefficient (Wildman–Crippen LogP) is 3.48. The molecule has 0 saturated carbocycles. The van der Waals surface area contributed by atoms with Gasteiger partial charge in [0.25, 0.3) is 0 Å². The molecule has 0 radical (unpaired) electrons. The van der Waals surface area contributed by atoms with Crippen LogP contribution in [0.2, 0.25) is 0 Å². The van der Waals surface area contributed by atoms with Crippen molar-refractivity contribution in [1.29, 1.82) is 0 Å². The lowest BCUT2D eigenvalue weighted by atomic mass is 10.1. The molecular formula is C19H25NO2. The molecule has 0 saturated heterocycles. The third-order valence-electron chi connectivity index (χ3n) is 3.72. The summed E-state index contributed by atoms with van der Waals surface area (Å²) in [7, 11) is 0. The number of rotatable bonds is 8. The van der Waals surface area contributed by atoms with Crippen LogP contribution < -0.4 is 10.1 Å². The van der Waals surface area contributed by atoms with E-state index in [9.17, 15) is 5.11 Å². The second-order valence-corrected chi connectivity index (χ2v) is 5.57. The van der Waals surface area contributed by atoms with Crippen LogP contribution in [0.1, 0.15) is 20.3 Å². The van der Waals surface area contributed by atoms with Gasteiger partial charge in [0.15, 0.2) is 0 Å². The maximum absolute atomic E-state index is 9.90. The Bertz CT molecular complexity index is 539. The molecule has 0 aliphatic carbocycles. The molecule has 22 heavy (non-hydrogen) atoms. The highest BCUT2D eigenvalue weighted by molar-refractivity contribution is 5.63. The van der Waals surface area contributed by atoms with Gasteiger partial charge in [-0.15, -0.1) is 0 Å². The fourth-order valence-corrected chi connectivity index (χ4v) is 2.11. The van der Waals surface area contributed by atoms with E-state index >= 15 is 0 Å². The molecular weight excluding hydrogens is 274 g/mol. The van der Waals surface area contributed by atoms with Gasteiger partial charge in [0.05, 0.1) is 0 Å². The molecule has 0 aromatic heterocycles. The van der Waals surface area contributed by atoms with Crippen molar-refractivity contribution in [3.8, 4) is 16.9 Å². The van der Waals surface area contributed by atoms with Crippen LogP contribution in [-0.4, -0.2) is 30.4 Å². The second kappa shape index (κ2) is 8.57. The Kier molecular flexibility index (Phi) is 6.44. The fourth-order valence-electron chi connectivity index (χ4n) is 2.11. The van der Waals surface area contributed by atoms with E-state index in [2.05, 4.69) is 31.3 Å². The van der Waals surface area contributed by atoms with Crippen molar-refractivity contribution in [2.24, 2.45) is 0 Å². The molecule has 0 bridgehead atoms. The lowest BCUT2D eigenvalue weighted by molar-refractivity contribution is 0.104. The second-order valence-electron chi connectivity index (χ2n) is 5.57. The van der Waals surface area contributed by atoms with E-state index in [1.807, 2.05) is 42.5 Å². The van der Waals surface area contributed by atoms with Gasteiger partial charge in [0.2, 0.25) is 0 Å². The average molecular weight is 299 g/mol. The molecule has 2 rings (SSSR count). The minimum atomic E-state index is -0.497. The van der Waals surface area contributed by atoms with E-state index in [0.717, 1.165) is 17.7 Å². The first-order chi connectivity index (χ1) is 10.7. The summed E-state index contributed by atoms with van der Waals surface area (Å²) in [6, 6.07) is 18.6. The molecule has 118 valence electrons. The topological polar surface area (TPSA) is 41.5 Å². The molecule has 0 spiro atoms. The minimum absolute atomic E-state index is 0.300. The van der Waals surface area contributed by atoms with Gasteiger partial charge in [-0.25, -0.2) is 0 Å². The standard InChI is InChI=1S/C19H25NO2/c1-3-15(2)20-13-18(21)14-22-19-11-9-17(10-12-19)16-7-5-4-6-8-16/h4-12,15,18,20-21H,3,13-14H2,1-2H3/t15-,18-/m1/s1. The summed E-state index contributed by atoms with van der Waals surface area (Å²) < 4.78 is 5.63. The Balaban J connectivity index is 1.82. The number of aliphatic hydroxyl groups excluding tert-OH is 1. The number of nitrogens with one attached hydrogen (secondary N) is 1. The molecule has 0 heterocycles. The number of benzene rings is 2. The molecule has 3 heteroatoms. The zero-order valence-corrected chi connectivity index (χ0v) is 13.3. The van der Waals surface area contributed by atoms with Crippen LogP contribution >= 0.6 is 0 Å². The first-order valence-electron chi connectivity index (χ1n) is 7.88. The molecule has 2 aromatic rings. The summed E-state index contributed by atoms with van der Waals surface area (Å²) in [5, 5.41) is 13.2. The third-order valence-corrected chi connectivity index (χ3v) is 3.72. The molecule has 0 aliphatic heterocycles. The Morgan fingerprint density at radius 3 is 2.27 bits per heavy atom. The number of ether oxygens (including phenoxy) is 1. The molecule has 0 aliphatic rings. The van der Waals surface area contributed by atoms with Crippen LogP contribution in [-0.2, 0) is 0 Å². The highest BCUT2D eigenvalue weighted by Gasteiger charge is 2.07. The van der Waals surface area contributed by atoms with Gasteiger partial charge in [-0.2, -0.15) is 0 Å². The zero-order valence-electron chi connectivity index (χ0n) is 13.3. The van der Waals surface area contributed by atoms with Gasteiger partial charge in [-0.1, -0.05) is 49.4 Å². The predicted molar refractivity (Wildman–Crippen MR) is 91.1 cm³/mol.